The zero-order chi connectivity index (χ0) is 13.3. The minimum atomic E-state index is -1.13. The van der Waals surface area contributed by atoms with Crippen LogP contribution in [-0.2, 0) is 0 Å². The molecule has 2 aromatic carbocycles. The third-order valence-electron chi connectivity index (χ3n) is 2.46. The number of nitrogen functional groups attached to an aromatic ring is 1. The summed E-state index contributed by atoms with van der Waals surface area (Å²) in [6, 6.07) is 7.49. The fourth-order valence-electron chi connectivity index (χ4n) is 1.62. The number of halogens is 2. The number of carboxylic acids is 1. The fraction of sp³-hybridized carbons (Fsp3) is 0. The first-order valence-electron chi connectivity index (χ1n) is 5.06. The molecule has 0 aromatic heterocycles. The van der Waals surface area contributed by atoms with Gasteiger partial charge in [-0.05, 0) is 41.5 Å². The van der Waals surface area contributed by atoms with E-state index in [1.54, 1.807) is 0 Å². The largest absolute Gasteiger partial charge is 0.478 e. The summed E-state index contributed by atoms with van der Waals surface area (Å²) in [6.45, 7) is 0. The Labute approximate surface area is 101 Å². The molecular weight excluding hydrogens is 240 g/mol. The summed E-state index contributed by atoms with van der Waals surface area (Å²) in [5.74, 6) is -3.08. The average molecular weight is 249 g/mol. The number of hydrogen-bond acceptors (Lipinski definition) is 2. The minimum Gasteiger partial charge on any atom is -0.478 e. The predicted octanol–water partition coefficient (Wildman–Crippen LogP) is 2.91. The molecule has 0 aliphatic rings. The second-order valence-corrected chi connectivity index (χ2v) is 3.78. The Morgan fingerprint density at radius 3 is 2.33 bits per heavy atom. The first-order valence-corrected chi connectivity index (χ1v) is 5.06. The number of anilines is 1. The quantitative estimate of drug-likeness (QED) is 0.804. The summed E-state index contributed by atoms with van der Waals surface area (Å²) in [5.41, 5.74) is 6.60. The molecule has 0 aliphatic carbocycles. The van der Waals surface area contributed by atoms with Crippen LogP contribution >= 0.6 is 0 Å². The lowest BCUT2D eigenvalue weighted by atomic mass is 10.0. The molecule has 0 atom stereocenters. The normalized spacial score (nSPS) is 10.3. The van der Waals surface area contributed by atoms with Gasteiger partial charge in [-0.1, -0.05) is 6.07 Å². The van der Waals surface area contributed by atoms with Gasteiger partial charge in [0, 0.05) is 5.69 Å². The van der Waals surface area contributed by atoms with Crippen LogP contribution in [0.3, 0.4) is 0 Å². The summed E-state index contributed by atoms with van der Waals surface area (Å²) in [7, 11) is 0. The lowest BCUT2D eigenvalue weighted by Gasteiger charge is -2.06. The van der Waals surface area contributed by atoms with Crippen LogP contribution in [0.5, 0.6) is 0 Å². The summed E-state index contributed by atoms with van der Waals surface area (Å²) in [6.07, 6.45) is 0. The number of carboxylic acid groups (broad SMARTS) is 1. The van der Waals surface area contributed by atoms with Crippen molar-refractivity contribution in [2.75, 3.05) is 5.73 Å². The number of rotatable bonds is 2. The van der Waals surface area contributed by atoms with Gasteiger partial charge >= 0.3 is 5.97 Å². The van der Waals surface area contributed by atoms with Crippen LogP contribution in [0.25, 0.3) is 11.1 Å². The molecule has 0 radical (unpaired) electrons. The van der Waals surface area contributed by atoms with Crippen LogP contribution in [0.2, 0.25) is 0 Å². The highest BCUT2D eigenvalue weighted by Crippen LogP contribution is 2.25. The Balaban J connectivity index is 2.56. The van der Waals surface area contributed by atoms with Gasteiger partial charge in [-0.15, -0.1) is 0 Å². The zero-order valence-electron chi connectivity index (χ0n) is 9.15. The Kier molecular flexibility index (Phi) is 2.97. The SMILES string of the molecule is Nc1cc(C(=O)O)cc(-c2ccc(F)c(F)c2)c1. The zero-order valence-corrected chi connectivity index (χ0v) is 9.15. The van der Waals surface area contributed by atoms with Crippen LogP contribution < -0.4 is 5.73 Å². The molecule has 5 heteroatoms. The third kappa shape index (κ3) is 2.29. The first kappa shape index (κ1) is 12.0. The van der Waals surface area contributed by atoms with Crippen molar-refractivity contribution in [1.29, 1.82) is 0 Å². The van der Waals surface area contributed by atoms with Gasteiger partial charge in [-0.25, -0.2) is 13.6 Å². The van der Waals surface area contributed by atoms with Gasteiger partial charge in [0.25, 0.3) is 0 Å². The van der Waals surface area contributed by atoms with Crippen molar-refractivity contribution in [2.45, 2.75) is 0 Å². The van der Waals surface area contributed by atoms with E-state index in [9.17, 15) is 13.6 Å². The van der Waals surface area contributed by atoms with E-state index in [1.807, 2.05) is 0 Å². The molecule has 0 saturated heterocycles. The topological polar surface area (TPSA) is 63.3 Å². The van der Waals surface area contributed by atoms with Crippen LogP contribution in [0.4, 0.5) is 14.5 Å². The average Bonchev–Trinajstić information content (AvgIpc) is 2.31. The number of hydrogen-bond donors (Lipinski definition) is 2. The van der Waals surface area contributed by atoms with E-state index in [4.69, 9.17) is 10.8 Å². The third-order valence-corrected chi connectivity index (χ3v) is 2.46. The Morgan fingerprint density at radius 1 is 1.00 bits per heavy atom. The number of carbonyl (C=O) groups is 1. The molecule has 92 valence electrons. The predicted molar refractivity (Wildman–Crippen MR) is 63.2 cm³/mol. The molecule has 0 amide bonds. The molecule has 0 unspecified atom stereocenters. The second kappa shape index (κ2) is 4.44. The van der Waals surface area contributed by atoms with Crippen molar-refractivity contribution >= 4 is 11.7 Å². The Hall–Kier alpha value is -2.43. The van der Waals surface area contributed by atoms with Gasteiger partial charge in [-0.2, -0.15) is 0 Å². The van der Waals surface area contributed by atoms with E-state index in [1.165, 1.54) is 24.3 Å². The summed E-state index contributed by atoms with van der Waals surface area (Å²) in [5, 5.41) is 8.89. The van der Waals surface area contributed by atoms with Crippen LogP contribution in [-0.4, -0.2) is 11.1 Å². The molecule has 2 aromatic rings. The molecule has 18 heavy (non-hydrogen) atoms. The van der Waals surface area contributed by atoms with E-state index >= 15 is 0 Å². The standard InChI is InChI=1S/C13H9F2NO2/c14-11-2-1-7(6-12(11)15)8-3-9(13(17)18)5-10(16)4-8/h1-6H,16H2,(H,17,18). The highest BCUT2D eigenvalue weighted by atomic mass is 19.2. The first-order chi connectivity index (χ1) is 8.47. The monoisotopic (exact) mass is 249 g/mol. The van der Waals surface area contributed by atoms with E-state index in [-0.39, 0.29) is 11.3 Å². The maximum absolute atomic E-state index is 13.1. The molecule has 0 bridgehead atoms. The fourth-order valence-corrected chi connectivity index (χ4v) is 1.62. The Bertz CT molecular complexity index is 626. The van der Waals surface area contributed by atoms with Gasteiger partial charge < -0.3 is 10.8 Å². The number of aromatic carboxylic acids is 1. The maximum Gasteiger partial charge on any atom is 0.335 e. The van der Waals surface area contributed by atoms with Crippen LogP contribution in [0.1, 0.15) is 10.4 Å². The summed E-state index contributed by atoms with van der Waals surface area (Å²) in [4.78, 5) is 10.9. The van der Waals surface area contributed by atoms with Gasteiger partial charge in [0.2, 0.25) is 0 Å². The maximum atomic E-state index is 13.1. The van der Waals surface area contributed by atoms with Crippen molar-refractivity contribution in [2.24, 2.45) is 0 Å². The lowest BCUT2D eigenvalue weighted by Crippen LogP contribution is -1.99. The van der Waals surface area contributed by atoms with Crippen molar-refractivity contribution in [3.05, 3.63) is 53.6 Å². The molecule has 3 nitrogen and oxygen atoms in total. The molecule has 0 aliphatic heterocycles. The molecule has 0 fully saturated rings. The van der Waals surface area contributed by atoms with Crippen molar-refractivity contribution in [1.82, 2.24) is 0 Å². The van der Waals surface area contributed by atoms with Crippen molar-refractivity contribution in [3.63, 3.8) is 0 Å². The van der Waals surface area contributed by atoms with Crippen molar-refractivity contribution in [3.8, 4) is 11.1 Å². The highest BCUT2D eigenvalue weighted by molar-refractivity contribution is 5.91. The van der Waals surface area contributed by atoms with E-state index in [2.05, 4.69) is 0 Å². The van der Waals surface area contributed by atoms with Gasteiger partial charge in [-0.3, -0.25) is 0 Å². The molecular formula is C13H9F2NO2. The number of nitrogens with two attached hydrogens (primary N) is 1. The highest BCUT2D eigenvalue weighted by Gasteiger charge is 2.09. The van der Waals surface area contributed by atoms with Gasteiger partial charge in [0.05, 0.1) is 5.56 Å². The van der Waals surface area contributed by atoms with Gasteiger partial charge in [0.1, 0.15) is 0 Å². The van der Waals surface area contributed by atoms with Gasteiger partial charge in [0.15, 0.2) is 11.6 Å². The van der Waals surface area contributed by atoms with Crippen LogP contribution in [0.15, 0.2) is 36.4 Å². The molecule has 0 spiro atoms. The molecule has 0 saturated carbocycles. The second-order valence-electron chi connectivity index (χ2n) is 3.78. The molecule has 2 rings (SSSR count). The van der Waals surface area contributed by atoms with E-state index in [0.29, 0.717) is 11.1 Å². The smallest absolute Gasteiger partial charge is 0.335 e. The van der Waals surface area contributed by atoms with Crippen molar-refractivity contribution < 1.29 is 18.7 Å². The minimum absolute atomic E-state index is 0.00488. The van der Waals surface area contributed by atoms with E-state index < -0.39 is 17.6 Å². The number of benzene rings is 2. The summed E-state index contributed by atoms with van der Waals surface area (Å²) >= 11 is 0. The van der Waals surface area contributed by atoms with E-state index in [0.717, 1.165) is 12.1 Å². The van der Waals surface area contributed by atoms with Crippen LogP contribution in [0, 0.1) is 11.6 Å². The molecule has 3 N–H and O–H groups in total. The summed E-state index contributed by atoms with van der Waals surface area (Å²) < 4.78 is 25.9. The molecule has 0 heterocycles. The lowest BCUT2D eigenvalue weighted by molar-refractivity contribution is 0.0697. The Morgan fingerprint density at radius 2 is 1.72 bits per heavy atom.